The van der Waals surface area contributed by atoms with Crippen LogP contribution in [0.15, 0.2) is 51.2 Å². The molecule has 0 N–H and O–H groups in total. The lowest BCUT2D eigenvalue weighted by atomic mass is 10.1. The van der Waals surface area contributed by atoms with E-state index in [1.807, 2.05) is 31.6 Å². The van der Waals surface area contributed by atoms with Gasteiger partial charge in [0.05, 0.1) is 17.0 Å². The van der Waals surface area contributed by atoms with Gasteiger partial charge < -0.3 is 4.90 Å². The summed E-state index contributed by atoms with van der Waals surface area (Å²) in [4.78, 5) is 9.03. The van der Waals surface area contributed by atoms with Crippen LogP contribution in [0.5, 0.6) is 0 Å². The molecule has 0 amide bonds. The lowest BCUT2D eigenvalue weighted by molar-refractivity contribution is 0.552. The van der Waals surface area contributed by atoms with E-state index in [2.05, 4.69) is 48.9 Å². The van der Waals surface area contributed by atoms with Crippen LogP contribution in [0, 0.1) is 6.92 Å². The number of hydrogen-bond acceptors (Lipinski definition) is 2. The summed E-state index contributed by atoms with van der Waals surface area (Å²) >= 11 is 8.00. The van der Waals surface area contributed by atoms with Crippen molar-refractivity contribution in [3.8, 4) is 0 Å². The molecule has 0 aliphatic heterocycles. The molecule has 0 aliphatic rings. The van der Waals surface area contributed by atoms with Crippen molar-refractivity contribution in [2.24, 2.45) is 4.99 Å². The van der Waals surface area contributed by atoms with Crippen molar-refractivity contribution >= 4 is 35.4 Å². The molecule has 2 aromatic carbocycles. The quantitative estimate of drug-likeness (QED) is 0.472. The maximum absolute atomic E-state index is 6.28. The molecule has 122 valence electrons. The first-order chi connectivity index (χ1) is 11.0. The van der Waals surface area contributed by atoms with Crippen molar-refractivity contribution in [2.45, 2.75) is 37.0 Å². The normalized spacial score (nSPS) is 11.2. The number of benzene rings is 2. The molecule has 0 aliphatic carbocycles. The minimum Gasteiger partial charge on any atom is -0.366 e. The van der Waals surface area contributed by atoms with Gasteiger partial charge >= 0.3 is 0 Å². The SMILES string of the molecule is CCc1cc(Sc2ccccc2Cl)c(C)cc1N=CN(C)CC. The third-order valence-electron chi connectivity index (χ3n) is 3.71. The minimum absolute atomic E-state index is 0.793. The Labute approximate surface area is 148 Å². The fourth-order valence-electron chi connectivity index (χ4n) is 2.12. The van der Waals surface area contributed by atoms with E-state index in [0.717, 1.165) is 28.6 Å². The van der Waals surface area contributed by atoms with Crippen molar-refractivity contribution in [2.75, 3.05) is 13.6 Å². The van der Waals surface area contributed by atoms with Crippen LogP contribution in [0.25, 0.3) is 0 Å². The molecule has 0 spiro atoms. The average molecular weight is 347 g/mol. The third kappa shape index (κ3) is 4.76. The van der Waals surface area contributed by atoms with Crippen LogP contribution in [-0.2, 0) is 6.42 Å². The number of nitrogens with zero attached hydrogens (tertiary/aromatic N) is 2. The van der Waals surface area contributed by atoms with Crippen molar-refractivity contribution in [1.82, 2.24) is 4.90 Å². The highest BCUT2D eigenvalue weighted by Crippen LogP contribution is 2.37. The van der Waals surface area contributed by atoms with Crippen LogP contribution < -0.4 is 0 Å². The zero-order valence-electron chi connectivity index (χ0n) is 14.1. The molecule has 2 aromatic rings. The molecule has 0 bridgehead atoms. The second kappa shape index (κ2) is 8.42. The molecule has 0 saturated carbocycles. The highest BCUT2D eigenvalue weighted by Gasteiger charge is 2.09. The van der Waals surface area contributed by atoms with E-state index in [9.17, 15) is 0 Å². The molecule has 0 radical (unpaired) electrons. The van der Waals surface area contributed by atoms with Crippen molar-refractivity contribution in [3.63, 3.8) is 0 Å². The van der Waals surface area contributed by atoms with E-state index < -0.39 is 0 Å². The Morgan fingerprint density at radius 1 is 1.17 bits per heavy atom. The first kappa shape index (κ1) is 17.9. The third-order valence-corrected chi connectivity index (χ3v) is 5.38. The van der Waals surface area contributed by atoms with Gasteiger partial charge in [0, 0.05) is 23.4 Å². The fourth-order valence-corrected chi connectivity index (χ4v) is 3.34. The zero-order valence-corrected chi connectivity index (χ0v) is 15.7. The largest absolute Gasteiger partial charge is 0.366 e. The first-order valence-corrected chi connectivity index (χ1v) is 9.04. The van der Waals surface area contributed by atoms with Gasteiger partial charge in [0.1, 0.15) is 0 Å². The molecule has 0 atom stereocenters. The second-order valence-corrected chi connectivity index (χ2v) is 6.94. The molecule has 2 nitrogen and oxygen atoms in total. The highest BCUT2D eigenvalue weighted by molar-refractivity contribution is 7.99. The summed E-state index contributed by atoms with van der Waals surface area (Å²) in [5.74, 6) is 0. The summed E-state index contributed by atoms with van der Waals surface area (Å²) in [6.45, 7) is 7.35. The highest BCUT2D eigenvalue weighted by atomic mass is 35.5. The van der Waals surface area contributed by atoms with Crippen molar-refractivity contribution in [1.29, 1.82) is 0 Å². The van der Waals surface area contributed by atoms with Gasteiger partial charge in [0.25, 0.3) is 0 Å². The maximum Gasteiger partial charge on any atom is 0.0909 e. The summed E-state index contributed by atoms with van der Waals surface area (Å²) in [5.41, 5.74) is 3.53. The maximum atomic E-state index is 6.28. The lowest BCUT2D eigenvalue weighted by Crippen LogP contribution is -2.14. The van der Waals surface area contributed by atoms with E-state index in [0.29, 0.717) is 0 Å². The summed E-state index contributed by atoms with van der Waals surface area (Å²) in [7, 11) is 2.03. The van der Waals surface area contributed by atoms with E-state index >= 15 is 0 Å². The predicted octanol–water partition coefficient (Wildman–Crippen LogP) is 5.97. The van der Waals surface area contributed by atoms with Crippen LogP contribution in [0.3, 0.4) is 0 Å². The Morgan fingerprint density at radius 2 is 1.91 bits per heavy atom. The average Bonchev–Trinajstić information content (AvgIpc) is 2.56. The molecule has 4 heteroatoms. The van der Waals surface area contributed by atoms with Gasteiger partial charge in [-0.1, -0.05) is 42.4 Å². The number of aryl methyl sites for hydroxylation is 2. The Morgan fingerprint density at radius 3 is 2.57 bits per heavy atom. The van der Waals surface area contributed by atoms with Gasteiger partial charge in [-0.15, -0.1) is 0 Å². The first-order valence-electron chi connectivity index (χ1n) is 7.85. The van der Waals surface area contributed by atoms with Gasteiger partial charge in [-0.2, -0.15) is 0 Å². The molecule has 0 saturated heterocycles. The summed E-state index contributed by atoms with van der Waals surface area (Å²) in [5, 5.41) is 0.793. The number of halogens is 1. The van der Waals surface area contributed by atoms with E-state index in [-0.39, 0.29) is 0 Å². The summed E-state index contributed by atoms with van der Waals surface area (Å²) < 4.78 is 0. The fraction of sp³-hybridized carbons (Fsp3) is 0.316. The molecule has 0 aromatic heterocycles. The molecule has 0 heterocycles. The van der Waals surface area contributed by atoms with Crippen molar-refractivity contribution < 1.29 is 0 Å². The summed E-state index contributed by atoms with van der Waals surface area (Å²) in [6, 6.07) is 12.4. The van der Waals surface area contributed by atoms with Crippen LogP contribution in [0.4, 0.5) is 5.69 Å². The number of aliphatic imine (C=N–C) groups is 1. The van der Waals surface area contributed by atoms with E-state index in [1.165, 1.54) is 16.0 Å². The van der Waals surface area contributed by atoms with E-state index in [1.54, 1.807) is 11.8 Å². The van der Waals surface area contributed by atoms with Gasteiger partial charge in [-0.05, 0) is 55.7 Å². The standard InChI is InChI=1S/C19H23ClN2S/c1-5-15-12-19(23-18-10-8-7-9-16(18)20)14(3)11-17(15)21-13-22(4)6-2/h7-13H,5-6H2,1-4H3. The molecule has 2 rings (SSSR count). The van der Waals surface area contributed by atoms with Gasteiger partial charge in [0.2, 0.25) is 0 Å². The van der Waals surface area contributed by atoms with Gasteiger partial charge in [-0.3, -0.25) is 0 Å². The smallest absolute Gasteiger partial charge is 0.0909 e. The molecule has 0 fully saturated rings. The summed E-state index contributed by atoms with van der Waals surface area (Å²) in [6.07, 6.45) is 2.85. The van der Waals surface area contributed by atoms with Crippen molar-refractivity contribution in [3.05, 3.63) is 52.5 Å². The second-order valence-electron chi connectivity index (χ2n) is 5.45. The molecule has 0 unspecified atom stereocenters. The zero-order chi connectivity index (χ0) is 16.8. The molecular weight excluding hydrogens is 324 g/mol. The van der Waals surface area contributed by atoms with Crippen LogP contribution >= 0.6 is 23.4 Å². The van der Waals surface area contributed by atoms with Gasteiger partial charge in [0.15, 0.2) is 0 Å². The Balaban J connectivity index is 2.33. The van der Waals surface area contributed by atoms with Crippen LogP contribution in [0.1, 0.15) is 25.0 Å². The predicted molar refractivity (Wildman–Crippen MR) is 103 cm³/mol. The minimum atomic E-state index is 0.793. The van der Waals surface area contributed by atoms with Gasteiger partial charge in [-0.25, -0.2) is 4.99 Å². The van der Waals surface area contributed by atoms with Crippen LogP contribution in [-0.4, -0.2) is 24.8 Å². The Bertz CT molecular complexity index is 698. The monoisotopic (exact) mass is 346 g/mol. The number of rotatable bonds is 6. The Kier molecular flexibility index (Phi) is 6.55. The molecule has 23 heavy (non-hydrogen) atoms. The molecular formula is C19H23ClN2S. The Hall–Kier alpha value is -1.45. The number of hydrogen-bond donors (Lipinski definition) is 0. The topological polar surface area (TPSA) is 15.6 Å². The lowest BCUT2D eigenvalue weighted by Gasteiger charge is -2.13. The van der Waals surface area contributed by atoms with E-state index in [4.69, 9.17) is 11.6 Å². The van der Waals surface area contributed by atoms with Crippen LogP contribution in [0.2, 0.25) is 5.02 Å².